The van der Waals surface area contributed by atoms with E-state index in [-0.39, 0.29) is 12.5 Å². The van der Waals surface area contributed by atoms with E-state index in [2.05, 4.69) is 24.4 Å². The van der Waals surface area contributed by atoms with Gasteiger partial charge in [0.25, 0.3) is 0 Å². The fourth-order valence-corrected chi connectivity index (χ4v) is 2.19. The molecule has 1 amide bonds. The number of aryl methyl sites for hydroxylation is 1. The van der Waals surface area contributed by atoms with E-state index in [0.29, 0.717) is 13.0 Å². The third-order valence-electron chi connectivity index (χ3n) is 3.65. The Bertz CT molecular complexity index is 485. The van der Waals surface area contributed by atoms with Gasteiger partial charge in [-0.25, -0.2) is 0 Å². The summed E-state index contributed by atoms with van der Waals surface area (Å²) in [5, 5.41) is 11.9. The first-order valence-electron chi connectivity index (χ1n) is 7.75. The number of aliphatic carboxylic acids is 1. The van der Waals surface area contributed by atoms with Gasteiger partial charge in [-0.1, -0.05) is 44.5 Å². The van der Waals surface area contributed by atoms with E-state index >= 15 is 0 Å². The number of carbonyl (C=O) groups excluding carboxylic acids is 1. The number of nitrogens with zero attached hydrogens (tertiary/aromatic N) is 1. The van der Waals surface area contributed by atoms with Gasteiger partial charge in [0.15, 0.2) is 0 Å². The first kappa shape index (κ1) is 18.2. The van der Waals surface area contributed by atoms with E-state index < -0.39 is 12.0 Å². The lowest BCUT2D eigenvalue weighted by Crippen LogP contribution is -2.43. The van der Waals surface area contributed by atoms with Crippen LogP contribution in [-0.2, 0) is 22.6 Å². The molecular formula is C17H26N2O3. The molecule has 1 aromatic rings. The molecule has 122 valence electrons. The fraction of sp³-hybridized carbons (Fsp3) is 0.529. The van der Waals surface area contributed by atoms with Gasteiger partial charge in [-0.15, -0.1) is 0 Å². The Morgan fingerprint density at radius 2 is 1.77 bits per heavy atom. The van der Waals surface area contributed by atoms with Crippen LogP contribution in [0.25, 0.3) is 0 Å². The number of likely N-dealkylation sites (N-methyl/N-ethyl adjacent to an activating group) is 1. The van der Waals surface area contributed by atoms with E-state index in [1.54, 1.807) is 11.9 Å². The van der Waals surface area contributed by atoms with Crippen molar-refractivity contribution in [1.29, 1.82) is 0 Å². The summed E-state index contributed by atoms with van der Waals surface area (Å²) in [7, 11) is 1.73. The summed E-state index contributed by atoms with van der Waals surface area (Å²) in [5.41, 5.74) is 2.33. The third kappa shape index (κ3) is 5.85. The van der Waals surface area contributed by atoms with Crippen LogP contribution >= 0.6 is 0 Å². The molecule has 1 rings (SSSR count). The van der Waals surface area contributed by atoms with Gasteiger partial charge in [0.05, 0.1) is 6.54 Å². The van der Waals surface area contributed by atoms with E-state index in [9.17, 15) is 9.59 Å². The van der Waals surface area contributed by atoms with Gasteiger partial charge in [-0.3, -0.25) is 14.9 Å². The minimum absolute atomic E-state index is 0.0422. The van der Waals surface area contributed by atoms with Crippen LogP contribution in [0.2, 0.25) is 0 Å². The lowest BCUT2D eigenvalue weighted by atomic mass is 10.1. The fourth-order valence-electron chi connectivity index (χ4n) is 2.19. The van der Waals surface area contributed by atoms with Crippen molar-refractivity contribution in [2.45, 2.75) is 45.7 Å². The van der Waals surface area contributed by atoms with Gasteiger partial charge >= 0.3 is 5.97 Å². The second-order valence-corrected chi connectivity index (χ2v) is 5.48. The van der Waals surface area contributed by atoms with Crippen molar-refractivity contribution in [2.75, 3.05) is 13.6 Å². The molecule has 0 radical (unpaired) electrons. The summed E-state index contributed by atoms with van der Waals surface area (Å²) in [6, 6.07) is 7.51. The van der Waals surface area contributed by atoms with Crippen molar-refractivity contribution in [1.82, 2.24) is 10.2 Å². The maximum Gasteiger partial charge on any atom is 0.320 e. The van der Waals surface area contributed by atoms with Gasteiger partial charge in [-0.2, -0.15) is 0 Å². The first-order chi connectivity index (χ1) is 10.5. The number of hydrogen-bond acceptors (Lipinski definition) is 3. The van der Waals surface area contributed by atoms with Gasteiger partial charge < -0.3 is 10.0 Å². The smallest absolute Gasteiger partial charge is 0.320 e. The maximum absolute atomic E-state index is 12.1. The van der Waals surface area contributed by atoms with Crippen molar-refractivity contribution < 1.29 is 14.7 Å². The normalized spacial score (nSPS) is 12.0. The minimum atomic E-state index is -0.910. The molecule has 1 atom stereocenters. The number of hydrogen-bond donors (Lipinski definition) is 2. The zero-order valence-electron chi connectivity index (χ0n) is 13.6. The van der Waals surface area contributed by atoms with Gasteiger partial charge in [0, 0.05) is 13.6 Å². The SMILES string of the molecule is CCCC(NCC(=O)N(C)Cc1ccc(CC)cc1)C(=O)O. The molecule has 0 heterocycles. The number of benzene rings is 1. The first-order valence-corrected chi connectivity index (χ1v) is 7.75. The van der Waals surface area contributed by atoms with Gasteiger partial charge in [0.1, 0.15) is 6.04 Å². The van der Waals surface area contributed by atoms with Crippen LogP contribution in [0.3, 0.4) is 0 Å². The number of rotatable bonds is 9. The topological polar surface area (TPSA) is 69.6 Å². The molecule has 0 spiro atoms. The second-order valence-electron chi connectivity index (χ2n) is 5.48. The van der Waals surface area contributed by atoms with Gasteiger partial charge in [-0.05, 0) is 24.0 Å². The van der Waals surface area contributed by atoms with Crippen molar-refractivity contribution in [2.24, 2.45) is 0 Å². The molecule has 1 unspecified atom stereocenters. The van der Waals surface area contributed by atoms with E-state index in [1.165, 1.54) is 5.56 Å². The highest BCUT2D eigenvalue weighted by atomic mass is 16.4. The summed E-state index contributed by atoms with van der Waals surface area (Å²) in [4.78, 5) is 24.7. The van der Waals surface area contributed by atoms with Crippen LogP contribution in [0, 0.1) is 0 Å². The molecule has 1 aromatic carbocycles. The minimum Gasteiger partial charge on any atom is -0.480 e. The molecule has 22 heavy (non-hydrogen) atoms. The molecule has 0 saturated carbocycles. The second kappa shape index (κ2) is 9.20. The van der Waals surface area contributed by atoms with E-state index in [1.807, 2.05) is 19.1 Å². The number of carboxylic acid groups (broad SMARTS) is 1. The average molecular weight is 306 g/mol. The van der Waals surface area contributed by atoms with Crippen LogP contribution in [0.1, 0.15) is 37.8 Å². The monoisotopic (exact) mass is 306 g/mol. The Morgan fingerprint density at radius 3 is 2.27 bits per heavy atom. The molecule has 0 aliphatic rings. The average Bonchev–Trinajstić information content (AvgIpc) is 2.51. The largest absolute Gasteiger partial charge is 0.480 e. The molecule has 0 bridgehead atoms. The highest BCUT2D eigenvalue weighted by molar-refractivity contribution is 5.79. The Hall–Kier alpha value is -1.88. The van der Waals surface area contributed by atoms with Crippen LogP contribution in [0.15, 0.2) is 24.3 Å². The Kier molecular flexibility index (Phi) is 7.60. The van der Waals surface area contributed by atoms with Gasteiger partial charge in [0.2, 0.25) is 5.91 Å². The zero-order valence-corrected chi connectivity index (χ0v) is 13.6. The molecule has 5 heteroatoms. The number of amides is 1. The van der Waals surface area contributed by atoms with Crippen LogP contribution in [0.5, 0.6) is 0 Å². The predicted molar refractivity (Wildman–Crippen MR) is 86.6 cm³/mol. The number of nitrogens with one attached hydrogen (secondary N) is 1. The molecule has 0 fully saturated rings. The van der Waals surface area contributed by atoms with Crippen LogP contribution in [-0.4, -0.2) is 41.5 Å². The summed E-state index contributed by atoms with van der Waals surface area (Å²) in [6.07, 6.45) is 2.27. The highest BCUT2D eigenvalue weighted by Gasteiger charge is 2.18. The van der Waals surface area contributed by atoms with Crippen LogP contribution < -0.4 is 5.32 Å². The summed E-state index contributed by atoms with van der Waals surface area (Å²) in [5.74, 6) is -1.02. The predicted octanol–water partition coefficient (Wildman–Crippen LogP) is 2.05. The summed E-state index contributed by atoms with van der Waals surface area (Å²) >= 11 is 0. The molecule has 5 nitrogen and oxygen atoms in total. The van der Waals surface area contributed by atoms with Crippen molar-refractivity contribution in [3.63, 3.8) is 0 Å². The molecule has 2 N–H and O–H groups in total. The van der Waals surface area contributed by atoms with Crippen molar-refractivity contribution in [3.05, 3.63) is 35.4 Å². The molecule has 0 aromatic heterocycles. The number of carboxylic acids is 1. The number of carbonyl (C=O) groups is 2. The van der Waals surface area contributed by atoms with Crippen molar-refractivity contribution >= 4 is 11.9 Å². The maximum atomic E-state index is 12.1. The van der Waals surface area contributed by atoms with E-state index in [4.69, 9.17) is 5.11 Å². The van der Waals surface area contributed by atoms with E-state index in [0.717, 1.165) is 18.4 Å². The standard InChI is InChI=1S/C17H26N2O3/c1-4-6-15(17(21)22)18-11-16(20)19(3)12-14-9-7-13(5-2)8-10-14/h7-10,15,18H,4-6,11-12H2,1-3H3,(H,21,22). The molecule has 0 aliphatic carbocycles. The summed E-state index contributed by atoms with van der Waals surface area (Å²) < 4.78 is 0. The lowest BCUT2D eigenvalue weighted by molar-refractivity contribution is -0.140. The lowest BCUT2D eigenvalue weighted by Gasteiger charge is -2.19. The highest BCUT2D eigenvalue weighted by Crippen LogP contribution is 2.07. The van der Waals surface area contributed by atoms with Crippen molar-refractivity contribution in [3.8, 4) is 0 Å². The Labute approximate surface area is 132 Å². The molecule has 0 aliphatic heterocycles. The van der Waals surface area contributed by atoms with Crippen LogP contribution in [0.4, 0.5) is 0 Å². The Balaban J connectivity index is 2.48. The molecule has 0 saturated heterocycles. The Morgan fingerprint density at radius 1 is 1.18 bits per heavy atom. The third-order valence-corrected chi connectivity index (χ3v) is 3.65. The zero-order chi connectivity index (χ0) is 16.5. The molecular weight excluding hydrogens is 280 g/mol. The summed E-state index contributed by atoms with van der Waals surface area (Å²) in [6.45, 7) is 4.59. The quantitative estimate of drug-likeness (QED) is 0.732.